The molecule has 10 nitrogen and oxygen atoms in total. The lowest BCUT2D eigenvalue weighted by Crippen LogP contribution is -2.25. The average molecular weight is 373 g/mol. The van der Waals surface area contributed by atoms with Crippen molar-refractivity contribution < 1.29 is 27.3 Å². The van der Waals surface area contributed by atoms with Crippen molar-refractivity contribution in [3.63, 3.8) is 0 Å². The van der Waals surface area contributed by atoms with Crippen molar-refractivity contribution in [2.24, 2.45) is 0 Å². The molecule has 0 radical (unpaired) electrons. The van der Waals surface area contributed by atoms with E-state index >= 15 is 0 Å². The predicted octanol–water partition coefficient (Wildman–Crippen LogP) is 1.49. The van der Waals surface area contributed by atoms with Gasteiger partial charge in [0.15, 0.2) is 0 Å². The van der Waals surface area contributed by atoms with Crippen molar-refractivity contribution in [2.45, 2.75) is 4.90 Å². The zero-order valence-corrected chi connectivity index (χ0v) is 13.7. The van der Waals surface area contributed by atoms with Gasteiger partial charge in [0.25, 0.3) is 5.69 Å². The molecule has 2 rings (SSSR count). The topological polar surface area (TPSA) is 149 Å². The van der Waals surface area contributed by atoms with Gasteiger partial charge in [0.1, 0.15) is 16.9 Å². The van der Waals surface area contributed by atoms with E-state index in [9.17, 15) is 28.0 Å². The number of nitro benzene ring substituents is 1. The van der Waals surface area contributed by atoms with Gasteiger partial charge in [-0.3, -0.25) is 15.1 Å². The van der Waals surface area contributed by atoms with Crippen LogP contribution in [-0.2, 0) is 14.6 Å². The molecule has 1 aromatic carbocycles. The van der Waals surface area contributed by atoms with Crippen LogP contribution in [0, 0.1) is 10.1 Å². The van der Waals surface area contributed by atoms with Gasteiger partial charge >= 0.3 is 7.60 Å². The highest BCUT2D eigenvalue weighted by molar-refractivity contribution is 7.89. The number of hydrogen-bond donors (Lipinski definition) is 2. The second-order valence-electron chi connectivity index (χ2n) is 4.47. The normalized spacial score (nSPS) is 13.9. The Balaban J connectivity index is 2.03. The van der Waals surface area contributed by atoms with Crippen LogP contribution in [0.15, 0.2) is 53.7 Å². The molecule has 24 heavy (non-hydrogen) atoms. The fourth-order valence-corrected chi connectivity index (χ4v) is 4.05. The molecule has 2 N–H and O–H groups in total. The summed E-state index contributed by atoms with van der Waals surface area (Å²) in [4.78, 5) is 23.1. The monoisotopic (exact) mass is 373 g/mol. The summed E-state index contributed by atoms with van der Waals surface area (Å²) < 4.78 is 42.6. The lowest BCUT2D eigenvalue weighted by atomic mass is 10.3. The predicted molar refractivity (Wildman–Crippen MR) is 83.0 cm³/mol. The van der Waals surface area contributed by atoms with Crippen molar-refractivity contribution in [1.29, 1.82) is 0 Å². The molecule has 0 saturated carbocycles. The van der Waals surface area contributed by atoms with Gasteiger partial charge in [-0.25, -0.2) is 13.0 Å². The minimum absolute atomic E-state index is 0.105. The SMILES string of the molecule is O=[N+]([O-])c1ccc(OP(=O)(O)CNS(=O)(=O)c2cccnc2)cc1. The van der Waals surface area contributed by atoms with E-state index in [1.165, 1.54) is 18.3 Å². The second-order valence-corrected chi connectivity index (χ2v) is 8.02. The number of rotatable bonds is 7. The van der Waals surface area contributed by atoms with Crippen molar-refractivity contribution >= 4 is 23.3 Å². The first-order chi connectivity index (χ1) is 11.2. The summed E-state index contributed by atoms with van der Waals surface area (Å²) in [6.45, 7) is 0. The van der Waals surface area contributed by atoms with Crippen LogP contribution in [0.3, 0.4) is 0 Å². The zero-order chi connectivity index (χ0) is 17.8. The van der Waals surface area contributed by atoms with Crippen molar-refractivity contribution in [3.05, 3.63) is 58.9 Å². The molecule has 1 aromatic heterocycles. The van der Waals surface area contributed by atoms with E-state index in [2.05, 4.69) is 4.98 Å². The Morgan fingerprint density at radius 3 is 2.50 bits per heavy atom. The van der Waals surface area contributed by atoms with Gasteiger partial charge in [0.05, 0.1) is 4.92 Å². The number of benzene rings is 1. The van der Waals surface area contributed by atoms with E-state index in [1.54, 1.807) is 0 Å². The number of hydrogen-bond acceptors (Lipinski definition) is 7. The highest BCUT2D eigenvalue weighted by Crippen LogP contribution is 2.41. The molecular weight excluding hydrogens is 361 g/mol. The summed E-state index contributed by atoms with van der Waals surface area (Å²) >= 11 is 0. The fraction of sp³-hybridized carbons (Fsp3) is 0.0833. The molecule has 1 atom stereocenters. The van der Waals surface area contributed by atoms with Gasteiger partial charge in [-0.15, -0.1) is 0 Å². The van der Waals surface area contributed by atoms with Crippen LogP contribution in [0.5, 0.6) is 5.75 Å². The molecule has 0 bridgehead atoms. The minimum Gasteiger partial charge on any atom is -0.424 e. The van der Waals surface area contributed by atoms with Gasteiger partial charge in [-0.1, -0.05) is 0 Å². The van der Waals surface area contributed by atoms with Gasteiger partial charge in [0, 0.05) is 24.5 Å². The molecule has 128 valence electrons. The zero-order valence-electron chi connectivity index (χ0n) is 12.0. The first kappa shape index (κ1) is 18.0. The fourth-order valence-electron chi connectivity index (χ4n) is 1.58. The number of nitro groups is 1. The maximum atomic E-state index is 11.9. The molecule has 12 heteroatoms. The third-order valence-electron chi connectivity index (χ3n) is 2.69. The maximum Gasteiger partial charge on any atom is 0.391 e. The summed E-state index contributed by atoms with van der Waals surface area (Å²) in [6, 6.07) is 7.13. The first-order valence-electron chi connectivity index (χ1n) is 6.35. The van der Waals surface area contributed by atoms with Crippen LogP contribution >= 0.6 is 7.60 Å². The molecule has 0 aliphatic rings. The molecule has 2 aromatic rings. The van der Waals surface area contributed by atoms with E-state index in [1.807, 2.05) is 4.72 Å². The van der Waals surface area contributed by atoms with Crippen LogP contribution in [0.25, 0.3) is 0 Å². The molecule has 0 aliphatic carbocycles. The third kappa shape index (κ3) is 4.83. The van der Waals surface area contributed by atoms with Crippen LogP contribution in [-0.4, -0.2) is 29.5 Å². The average Bonchev–Trinajstić information content (AvgIpc) is 2.54. The number of aromatic nitrogens is 1. The Kier molecular flexibility index (Phi) is 5.30. The van der Waals surface area contributed by atoms with Gasteiger partial charge < -0.3 is 9.42 Å². The van der Waals surface area contributed by atoms with Crippen LogP contribution in [0.4, 0.5) is 5.69 Å². The lowest BCUT2D eigenvalue weighted by molar-refractivity contribution is -0.384. The van der Waals surface area contributed by atoms with Crippen LogP contribution in [0.2, 0.25) is 0 Å². The van der Waals surface area contributed by atoms with E-state index in [4.69, 9.17) is 4.52 Å². The third-order valence-corrected chi connectivity index (χ3v) is 5.35. The largest absolute Gasteiger partial charge is 0.424 e. The van der Waals surface area contributed by atoms with E-state index < -0.39 is 28.8 Å². The van der Waals surface area contributed by atoms with Crippen molar-refractivity contribution in [1.82, 2.24) is 9.71 Å². The van der Waals surface area contributed by atoms with E-state index in [0.717, 1.165) is 30.5 Å². The number of non-ortho nitro benzene ring substituents is 1. The van der Waals surface area contributed by atoms with Crippen LogP contribution in [0.1, 0.15) is 0 Å². The Morgan fingerprint density at radius 1 is 1.29 bits per heavy atom. The maximum absolute atomic E-state index is 11.9. The summed E-state index contributed by atoms with van der Waals surface area (Å²) in [5, 5.41) is 10.5. The second kappa shape index (κ2) is 7.05. The molecule has 1 unspecified atom stereocenters. The Hall–Kier alpha value is -2.33. The summed E-state index contributed by atoms with van der Waals surface area (Å²) in [5.41, 5.74) is -0.215. The molecule has 1 heterocycles. The smallest absolute Gasteiger partial charge is 0.391 e. The number of nitrogens with one attached hydrogen (secondary N) is 1. The van der Waals surface area contributed by atoms with Crippen LogP contribution < -0.4 is 9.25 Å². The summed E-state index contributed by atoms with van der Waals surface area (Å²) in [7, 11) is -8.37. The van der Waals surface area contributed by atoms with Crippen molar-refractivity contribution in [3.8, 4) is 5.75 Å². The molecule has 0 spiro atoms. The summed E-state index contributed by atoms with van der Waals surface area (Å²) in [6.07, 6.45) is 1.59. The van der Waals surface area contributed by atoms with Gasteiger partial charge in [-0.2, -0.15) is 4.72 Å². The number of sulfonamides is 1. The number of pyridine rings is 1. The Bertz CT molecular complexity index is 871. The molecule has 0 saturated heterocycles. The molecule has 0 amide bonds. The summed E-state index contributed by atoms with van der Waals surface area (Å²) in [5.74, 6) is -0.105. The Morgan fingerprint density at radius 2 is 1.96 bits per heavy atom. The molecule has 0 aliphatic heterocycles. The Labute approximate surface area is 136 Å². The van der Waals surface area contributed by atoms with Gasteiger partial charge in [-0.05, 0) is 24.3 Å². The quantitative estimate of drug-likeness (QED) is 0.421. The molecular formula is C12H12N3O7PS. The standard InChI is InChI=1S/C12H12N3O7PS/c16-15(17)10-3-5-11(6-4-10)22-23(18,19)9-14-24(20,21)12-2-1-7-13-8-12/h1-8,14H,9H2,(H,18,19). The minimum atomic E-state index is -4.35. The highest BCUT2D eigenvalue weighted by Gasteiger charge is 2.25. The van der Waals surface area contributed by atoms with E-state index in [0.29, 0.717) is 0 Å². The number of nitrogens with zero attached hydrogens (tertiary/aromatic N) is 2. The van der Waals surface area contributed by atoms with Gasteiger partial charge in [0.2, 0.25) is 10.0 Å². The molecule has 0 fully saturated rings. The lowest BCUT2D eigenvalue weighted by Gasteiger charge is -2.14. The van der Waals surface area contributed by atoms with Crippen molar-refractivity contribution in [2.75, 3.05) is 6.29 Å². The van der Waals surface area contributed by atoms with E-state index in [-0.39, 0.29) is 16.3 Å². The highest BCUT2D eigenvalue weighted by atomic mass is 32.2. The first-order valence-corrected chi connectivity index (χ1v) is 9.60.